The highest BCUT2D eigenvalue weighted by molar-refractivity contribution is 7.71. The zero-order valence-corrected chi connectivity index (χ0v) is 9.33. The summed E-state index contributed by atoms with van der Waals surface area (Å²) in [6.45, 7) is 5.79. The summed E-state index contributed by atoms with van der Waals surface area (Å²) < 4.78 is 0.776. The summed E-state index contributed by atoms with van der Waals surface area (Å²) in [5, 5.41) is 0. The van der Waals surface area contributed by atoms with Crippen LogP contribution in [0.1, 0.15) is 11.9 Å². The van der Waals surface area contributed by atoms with Gasteiger partial charge >= 0.3 is 0 Å². The van der Waals surface area contributed by atoms with E-state index >= 15 is 0 Å². The molecule has 4 nitrogen and oxygen atoms in total. The molecule has 0 aromatic carbocycles. The highest BCUT2D eigenvalue weighted by atomic mass is 32.1. The molecule has 1 aromatic rings. The second-order valence-electron chi connectivity index (χ2n) is 4.17. The van der Waals surface area contributed by atoms with Crippen molar-refractivity contribution in [1.29, 1.82) is 0 Å². The fraction of sp³-hybridized carbons (Fsp3) is 0.600. The Morgan fingerprint density at radius 2 is 2.13 bits per heavy atom. The summed E-state index contributed by atoms with van der Waals surface area (Å²) in [6.07, 6.45) is 1.80. The molecule has 3 aliphatic heterocycles. The van der Waals surface area contributed by atoms with E-state index in [9.17, 15) is 0 Å². The van der Waals surface area contributed by atoms with Crippen LogP contribution < -0.4 is 0 Å². The van der Waals surface area contributed by atoms with E-state index < -0.39 is 0 Å². The van der Waals surface area contributed by atoms with Crippen LogP contribution in [0.2, 0.25) is 0 Å². The van der Waals surface area contributed by atoms with Crippen molar-refractivity contribution in [2.24, 2.45) is 0 Å². The molecule has 15 heavy (non-hydrogen) atoms. The first kappa shape index (κ1) is 9.45. The zero-order chi connectivity index (χ0) is 10.3. The predicted octanol–water partition coefficient (Wildman–Crippen LogP) is 0.811. The van der Waals surface area contributed by atoms with Crippen LogP contribution >= 0.6 is 12.2 Å². The van der Waals surface area contributed by atoms with Gasteiger partial charge in [0.2, 0.25) is 0 Å². The summed E-state index contributed by atoms with van der Waals surface area (Å²) in [5.74, 6) is 1.02. The minimum Gasteiger partial charge on any atom is -0.333 e. The Morgan fingerprint density at radius 3 is 2.73 bits per heavy atom. The Balaban J connectivity index is 1.91. The fourth-order valence-corrected chi connectivity index (χ4v) is 2.60. The van der Waals surface area contributed by atoms with Gasteiger partial charge in [-0.15, -0.1) is 0 Å². The van der Waals surface area contributed by atoms with E-state index in [1.807, 2.05) is 6.07 Å². The van der Waals surface area contributed by atoms with Gasteiger partial charge in [0.15, 0.2) is 0 Å². The van der Waals surface area contributed by atoms with Gasteiger partial charge in [-0.2, -0.15) is 0 Å². The molecule has 0 amide bonds. The third kappa shape index (κ3) is 1.71. The molecule has 1 aromatic heterocycles. The molecule has 1 unspecified atom stereocenters. The molecule has 2 bridgehead atoms. The topological polar surface area (TPSA) is 35.2 Å². The van der Waals surface area contributed by atoms with Crippen LogP contribution in [0.4, 0.5) is 0 Å². The minimum atomic E-state index is 0.412. The molecule has 1 N–H and O–H groups in total. The maximum absolute atomic E-state index is 5.13. The van der Waals surface area contributed by atoms with Crippen molar-refractivity contribution in [2.75, 3.05) is 32.7 Å². The number of piperazine rings is 3. The lowest BCUT2D eigenvalue weighted by atomic mass is 10.1. The average Bonchev–Trinajstić information content (AvgIpc) is 2.30. The standard InChI is InChI=1S/C10H14N4S/c15-9-1-2-11-10(12-9)8-7-13-3-5-14(8)6-4-13/h1-2,8H,3-7H2,(H,11,12,15). The number of rotatable bonds is 1. The molecule has 1 atom stereocenters. The zero-order valence-electron chi connectivity index (χ0n) is 8.52. The summed E-state index contributed by atoms with van der Waals surface area (Å²) in [4.78, 5) is 12.6. The summed E-state index contributed by atoms with van der Waals surface area (Å²) >= 11 is 5.13. The van der Waals surface area contributed by atoms with Gasteiger partial charge in [-0.05, 0) is 6.07 Å². The van der Waals surface area contributed by atoms with Crippen molar-refractivity contribution in [3.8, 4) is 0 Å². The highest BCUT2D eigenvalue weighted by Crippen LogP contribution is 2.25. The number of fused-ring (bicyclic) bond motifs is 3. The third-order valence-corrected chi connectivity index (χ3v) is 3.52. The van der Waals surface area contributed by atoms with Crippen LogP contribution in [0.25, 0.3) is 0 Å². The van der Waals surface area contributed by atoms with E-state index in [1.165, 1.54) is 13.1 Å². The molecule has 3 fully saturated rings. The number of aromatic amines is 1. The molecule has 3 aliphatic rings. The largest absolute Gasteiger partial charge is 0.333 e. The van der Waals surface area contributed by atoms with E-state index in [2.05, 4.69) is 19.8 Å². The second-order valence-corrected chi connectivity index (χ2v) is 4.61. The minimum absolute atomic E-state index is 0.412. The van der Waals surface area contributed by atoms with Crippen LogP contribution in [0.3, 0.4) is 0 Å². The van der Waals surface area contributed by atoms with E-state index in [1.54, 1.807) is 6.20 Å². The monoisotopic (exact) mass is 222 g/mol. The van der Waals surface area contributed by atoms with Crippen molar-refractivity contribution in [1.82, 2.24) is 19.8 Å². The fourth-order valence-electron chi connectivity index (χ4n) is 2.43. The van der Waals surface area contributed by atoms with Crippen LogP contribution in [0.5, 0.6) is 0 Å². The van der Waals surface area contributed by atoms with E-state index in [4.69, 9.17) is 12.2 Å². The van der Waals surface area contributed by atoms with Gasteiger partial charge in [-0.25, -0.2) is 4.98 Å². The van der Waals surface area contributed by atoms with Crippen molar-refractivity contribution < 1.29 is 0 Å². The molecule has 0 aliphatic carbocycles. The number of hydrogen-bond acceptors (Lipinski definition) is 4. The first-order valence-electron chi connectivity index (χ1n) is 5.34. The number of nitrogens with zero attached hydrogens (tertiary/aromatic N) is 3. The smallest absolute Gasteiger partial charge is 0.125 e. The maximum atomic E-state index is 5.13. The first-order valence-corrected chi connectivity index (χ1v) is 5.75. The molecule has 4 heterocycles. The molecule has 5 heteroatoms. The molecule has 0 spiro atoms. The lowest BCUT2D eigenvalue weighted by Crippen LogP contribution is -2.57. The van der Waals surface area contributed by atoms with Gasteiger partial charge in [0.1, 0.15) is 10.5 Å². The average molecular weight is 222 g/mol. The first-order chi connectivity index (χ1) is 7.33. The van der Waals surface area contributed by atoms with Crippen molar-refractivity contribution in [3.05, 3.63) is 22.7 Å². The van der Waals surface area contributed by atoms with Gasteiger partial charge in [0.25, 0.3) is 0 Å². The normalized spacial score (nSPS) is 34.3. The van der Waals surface area contributed by atoms with Crippen molar-refractivity contribution >= 4 is 12.2 Å². The van der Waals surface area contributed by atoms with E-state index in [0.717, 1.165) is 30.1 Å². The Labute approximate surface area is 93.9 Å². The van der Waals surface area contributed by atoms with Gasteiger partial charge < -0.3 is 4.98 Å². The molecule has 3 saturated heterocycles. The van der Waals surface area contributed by atoms with Crippen molar-refractivity contribution in [2.45, 2.75) is 6.04 Å². The Kier molecular flexibility index (Phi) is 2.31. The molecular weight excluding hydrogens is 208 g/mol. The molecule has 4 rings (SSSR count). The molecule has 0 saturated carbocycles. The number of nitrogens with one attached hydrogen (secondary N) is 1. The Bertz CT molecular complexity index is 408. The van der Waals surface area contributed by atoms with Gasteiger partial charge in [0, 0.05) is 38.9 Å². The number of H-pyrrole nitrogens is 1. The van der Waals surface area contributed by atoms with Gasteiger partial charge in [-0.3, -0.25) is 9.80 Å². The quantitative estimate of drug-likeness (QED) is 0.713. The van der Waals surface area contributed by atoms with Crippen LogP contribution in [-0.2, 0) is 0 Å². The van der Waals surface area contributed by atoms with Crippen LogP contribution in [0, 0.1) is 4.64 Å². The van der Waals surface area contributed by atoms with Crippen molar-refractivity contribution in [3.63, 3.8) is 0 Å². The lowest BCUT2D eigenvalue weighted by molar-refractivity contribution is 0.00860. The van der Waals surface area contributed by atoms with Crippen LogP contribution in [0.15, 0.2) is 12.3 Å². The number of hydrogen-bond donors (Lipinski definition) is 1. The Morgan fingerprint density at radius 1 is 1.33 bits per heavy atom. The molecule has 0 radical (unpaired) electrons. The van der Waals surface area contributed by atoms with Gasteiger partial charge in [0.05, 0.1) is 6.04 Å². The lowest BCUT2D eigenvalue weighted by Gasteiger charge is -2.46. The molecule has 80 valence electrons. The van der Waals surface area contributed by atoms with Gasteiger partial charge in [-0.1, -0.05) is 12.2 Å². The number of aromatic nitrogens is 2. The SMILES string of the molecule is S=c1ccnc(C2CN3CCN2CC3)[nH]1. The van der Waals surface area contributed by atoms with Crippen LogP contribution in [-0.4, -0.2) is 52.5 Å². The second kappa shape index (κ2) is 3.66. The summed E-state index contributed by atoms with van der Waals surface area (Å²) in [5.41, 5.74) is 0. The summed E-state index contributed by atoms with van der Waals surface area (Å²) in [7, 11) is 0. The van der Waals surface area contributed by atoms with E-state index in [0.29, 0.717) is 6.04 Å². The molecular formula is C10H14N4S. The third-order valence-electron chi connectivity index (χ3n) is 3.29. The predicted molar refractivity (Wildman–Crippen MR) is 60.2 cm³/mol. The van der Waals surface area contributed by atoms with E-state index in [-0.39, 0.29) is 0 Å². The highest BCUT2D eigenvalue weighted by Gasteiger charge is 2.33. The summed E-state index contributed by atoms with van der Waals surface area (Å²) in [6, 6.07) is 2.24. The Hall–Kier alpha value is -0.780. The maximum Gasteiger partial charge on any atom is 0.125 e.